The van der Waals surface area contributed by atoms with Crippen molar-refractivity contribution < 1.29 is 4.74 Å². The molecular formula is C12H16N4O. The number of unbranched alkanes of at least 4 members (excludes halogenated alkanes) is 1. The van der Waals surface area contributed by atoms with Gasteiger partial charge in [0.15, 0.2) is 5.82 Å². The highest BCUT2D eigenvalue weighted by molar-refractivity contribution is 5.27. The zero-order chi connectivity index (χ0) is 11.9. The predicted octanol–water partition coefficient (Wildman–Crippen LogP) is 1.77. The molecule has 5 nitrogen and oxygen atoms in total. The number of methoxy groups -OCH3 is 1. The lowest BCUT2D eigenvalue weighted by atomic mass is 10.1. The van der Waals surface area contributed by atoms with Gasteiger partial charge in [0, 0.05) is 6.42 Å². The molecule has 0 fully saturated rings. The maximum atomic E-state index is 5.12. The lowest BCUT2D eigenvalue weighted by Crippen LogP contribution is -1.92. The summed E-state index contributed by atoms with van der Waals surface area (Å²) < 4.78 is 5.12. The summed E-state index contributed by atoms with van der Waals surface area (Å²) in [5, 5.41) is 13.8. The van der Waals surface area contributed by atoms with Gasteiger partial charge in [0.25, 0.3) is 0 Å². The molecule has 0 bridgehead atoms. The van der Waals surface area contributed by atoms with Crippen molar-refractivity contribution in [3.05, 3.63) is 35.7 Å². The van der Waals surface area contributed by atoms with E-state index >= 15 is 0 Å². The van der Waals surface area contributed by atoms with E-state index in [1.165, 1.54) is 5.56 Å². The van der Waals surface area contributed by atoms with E-state index in [0.717, 1.165) is 37.3 Å². The van der Waals surface area contributed by atoms with E-state index in [4.69, 9.17) is 4.74 Å². The number of aromatic amines is 1. The van der Waals surface area contributed by atoms with E-state index in [1.807, 2.05) is 12.1 Å². The van der Waals surface area contributed by atoms with Crippen LogP contribution in [0.4, 0.5) is 0 Å². The van der Waals surface area contributed by atoms with Crippen LogP contribution >= 0.6 is 0 Å². The largest absolute Gasteiger partial charge is 0.497 e. The molecule has 0 atom stereocenters. The highest BCUT2D eigenvalue weighted by Gasteiger charge is 1.99. The number of hydrogen-bond donors (Lipinski definition) is 1. The van der Waals surface area contributed by atoms with E-state index < -0.39 is 0 Å². The fraction of sp³-hybridized carbons (Fsp3) is 0.417. The molecule has 0 aliphatic rings. The normalized spacial score (nSPS) is 10.4. The molecule has 0 spiro atoms. The summed E-state index contributed by atoms with van der Waals surface area (Å²) >= 11 is 0. The van der Waals surface area contributed by atoms with E-state index in [9.17, 15) is 0 Å². The quantitative estimate of drug-likeness (QED) is 0.771. The molecule has 1 aromatic carbocycles. The maximum Gasteiger partial charge on any atom is 0.174 e. The van der Waals surface area contributed by atoms with Crippen molar-refractivity contribution in [3.8, 4) is 5.75 Å². The van der Waals surface area contributed by atoms with Gasteiger partial charge >= 0.3 is 0 Å². The number of hydrogen-bond acceptors (Lipinski definition) is 4. The Hall–Kier alpha value is -1.91. The van der Waals surface area contributed by atoms with Crippen LogP contribution in [-0.4, -0.2) is 27.7 Å². The van der Waals surface area contributed by atoms with Crippen molar-refractivity contribution >= 4 is 0 Å². The molecule has 0 saturated carbocycles. The monoisotopic (exact) mass is 232 g/mol. The number of aromatic nitrogens is 4. The zero-order valence-electron chi connectivity index (χ0n) is 9.89. The Bertz CT molecular complexity index is 424. The molecule has 90 valence electrons. The number of H-pyrrole nitrogens is 1. The van der Waals surface area contributed by atoms with Gasteiger partial charge in [-0.1, -0.05) is 17.3 Å². The summed E-state index contributed by atoms with van der Waals surface area (Å²) in [5.41, 5.74) is 1.33. The van der Waals surface area contributed by atoms with E-state index in [0.29, 0.717) is 0 Å². The fourth-order valence-electron chi connectivity index (χ4n) is 1.69. The fourth-order valence-corrected chi connectivity index (χ4v) is 1.69. The lowest BCUT2D eigenvalue weighted by Gasteiger charge is -2.02. The Morgan fingerprint density at radius 3 is 2.53 bits per heavy atom. The number of ether oxygens (including phenoxy) is 1. The van der Waals surface area contributed by atoms with Gasteiger partial charge in [-0.05, 0) is 37.0 Å². The SMILES string of the molecule is COc1ccc(CCCCc2nn[nH]n2)cc1. The third-order valence-corrected chi connectivity index (χ3v) is 2.66. The number of nitrogens with zero attached hydrogens (tertiary/aromatic N) is 3. The van der Waals surface area contributed by atoms with Crippen LogP contribution in [0.3, 0.4) is 0 Å². The summed E-state index contributed by atoms with van der Waals surface area (Å²) in [5.74, 6) is 1.69. The minimum atomic E-state index is 0.791. The van der Waals surface area contributed by atoms with E-state index in [1.54, 1.807) is 7.11 Å². The number of tetrazole rings is 1. The number of nitrogens with one attached hydrogen (secondary N) is 1. The number of rotatable bonds is 6. The highest BCUT2D eigenvalue weighted by Crippen LogP contribution is 2.13. The van der Waals surface area contributed by atoms with Crippen LogP contribution in [0.2, 0.25) is 0 Å². The van der Waals surface area contributed by atoms with Crippen LogP contribution in [-0.2, 0) is 12.8 Å². The molecule has 1 N–H and O–H groups in total. The summed E-state index contributed by atoms with van der Waals surface area (Å²) in [4.78, 5) is 0. The standard InChI is InChI=1S/C12H16N4O/c1-17-11-8-6-10(7-9-11)4-2-3-5-12-13-15-16-14-12/h6-9H,2-5H2,1H3,(H,13,14,15,16). The molecule has 2 rings (SSSR count). The van der Waals surface area contributed by atoms with Crippen LogP contribution in [0.25, 0.3) is 0 Å². The molecule has 0 radical (unpaired) electrons. The van der Waals surface area contributed by atoms with Gasteiger partial charge in [0.2, 0.25) is 0 Å². The molecule has 17 heavy (non-hydrogen) atoms. The second-order valence-electron chi connectivity index (χ2n) is 3.88. The van der Waals surface area contributed by atoms with Crippen LogP contribution in [0.1, 0.15) is 24.2 Å². The first kappa shape index (κ1) is 11.6. The third-order valence-electron chi connectivity index (χ3n) is 2.66. The molecule has 0 saturated heterocycles. The molecule has 0 amide bonds. The van der Waals surface area contributed by atoms with Gasteiger partial charge in [-0.2, -0.15) is 5.21 Å². The van der Waals surface area contributed by atoms with Crippen LogP contribution < -0.4 is 4.74 Å². The molecule has 0 unspecified atom stereocenters. The first-order valence-electron chi connectivity index (χ1n) is 5.74. The Kier molecular flexibility index (Phi) is 4.07. The van der Waals surface area contributed by atoms with Gasteiger partial charge in [-0.3, -0.25) is 0 Å². The first-order chi connectivity index (χ1) is 8.38. The van der Waals surface area contributed by atoms with Crippen molar-refractivity contribution in [2.24, 2.45) is 0 Å². The lowest BCUT2D eigenvalue weighted by molar-refractivity contribution is 0.414. The Morgan fingerprint density at radius 1 is 1.12 bits per heavy atom. The van der Waals surface area contributed by atoms with E-state index in [-0.39, 0.29) is 0 Å². The average molecular weight is 232 g/mol. The minimum Gasteiger partial charge on any atom is -0.497 e. The number of benzene rings is 1. The van der Waals surface area contributed by atoms with Gasteiger partial charge in [-0.15, -0.1) is 10.2 Å². The topological polar surface area (TPSA) is 63.7 Å². The number of aryl methyl sites for hydroxylation is 2. The maximum absolute atomic E-state index is 5.12. The van der Waals surface area contributed by atoms with Gasteiger partial charge in [0.05, 0.1) is 7.11 Å². The van der Waals surface area contributed by atoms with Crippen molar-refractivity contribution in [2.45, 2.75) is 25.7 Å². The molecule has 5 heteroatoms. The Balaban J connectivity index is 1.70. The Labute approximate surface area is 100 Å². The second kappa shape index (κ2) is 5.98. The molecule has 0 aliphatic carbocycles. The highest BCUT2D eigenvalue weighted by atomic mass is 16.5. The van der Waals surface area contributed by atoms with Crippen molar-refractivity contribution in [3.63, 3.8) is 0 Å². The molecule has 2 aromatic rings. The average Bonchev–Trinajstić information content (AvgIpc) is 2.88. The van der Waals surface area contributed by atoms with Crippen molar-refractivity contribution in [1.29, 1.82) is 0 Å². The predicted molar refractivity (Wildman–Crippen MR) is 63.8 cm³/mol. The Morgan fingerprint density at radius 2 is 1.88 bits per heavy atom. The smallest absolute Gasteiger partial charge is 0.174 e. The van der Waals surface area contributed by atoms with Gasteiger partial charge < -0.3 is 4.74 Å². The molecule has 1 aromatic heterocycles. The van der Waals surface area contributed by atoms with Crippen molar-refractivity contribution in [2.75, 3.05) is 7.11 Å². The molecule has 1 heterocycles. The first-order valence-corrected chi connectivity index (χ1v) is 5.74. The van der Waals surface area contributed by atoms with Crippen LogP contribution in [0.15, 0.2) is 24.3 Å². The van der Waals surface area contributed by atoms with Crippen molar-refractivity contribution in [1.82, 2.24) is 20.6 Å². The summed E-state index contributed by atoms with van der Waals surface area (Å²) in [7, 11) is 1.68. The summed E-state index contributed by atoms with van der Waals surface area (Å²) in [6.07, 6.45) is 4.15. The molecular weight excluding hydrogens is 216 g/mol. The summed E-state index contributed by atoms with van der Waals surface area (Å²) in [6, 6.07) is 8.20. The summed E-state index contributed by atoms with van der Waals surface area (Å²) in [6.45, 7) is 0. The minimum absolute atomic E-state index is 0.791. The van der Waals surface area contributed by atoms with Gasteiger partial charge in [0.1, 0.15) is 5.75 Å². The second-order valence-corrected chi connectivity index (χ2v) is 3.88. The van der Waals surface area contributed by atoms with Gasteiger partial charge in [-0.25, -0.2) is 0 Å². The zero-order valence-corrected chi connectivity index (χ0v) is 9.89. The third kappa shape index (κ3) is 3.55. The van der Waals surface area contributed by atoms with Crippen LogP contribution in [0, 0.1) is 0 Å². The molecule has 0 aliphatic heterocycles. The van der Waals surface area contributed by atoms with E-state index in [2.05, 4.69) is 32.8 Å². The van der Waals surface area contributed by atoms with Crippen LogP contribution in [0.5, 0.6) is 5.75 Å².